The van der Waals surface area contributed by atoms with Crippen LogP contribution >= 0.6 is 0 Å². The molecule has 2 heterocycles. The highest BCUT2D eigenvalue weighted by atomic mass is 16.5. The normalized spacial score (nSPS) is 11.8. The van der Waals surface area contributed by atoms with E-state index in [0.717, 1.165) is 5.69 Å². The van der Waals surface area contributed by atoms with Crippen LogP contribution in [0.15, 0.2) is 71.5 Å². The lowest BCUT2D eigenvalue weighted by Crippen LogP contribution is -2.25. The predicted molar refractivity (Wildman–Crippen MR) is 98.8 cm³/mol. The Morgan fingerprint density at radius 2 is 1.93 bits per heavy atom. The number of aryl methyl sites for hydroxylation is 1. The van der Waals surface area contributed by atoms with Crippen LogP contribution in [0.2, 0.25) is 0 Å². The Balaban J connectivity index is 1.56. The Morgan fingerprint density at radius 3 is 2.57 bits per heavy atom. The molecule has 1 amide bonds. The summed E-state index contributed by atoms with van der Waals surface area (Å²) >= 11 is 0. The maximum atomic E-state index is 12.8. The van der Waals surface area contributed by atoms with Crippen molar-refractivity contribution in [1.82, 2.24) is 25.4 Å². The van der Waals surface area contributed by atoms with Gasteiger partial charge in [0.05, 0.1) is 5.69 Å². The van der Waals surface area contributed by atoms with Crippen molar-refractivity contribution in [3.8, 4) is 11.4 Å². The van der Waals surface area contributed by atoms with Gasteiger partial charge in [0.25, 0.3) is 5.91 Å². The average molecular weight is 376 g/mol. The van der Waals surface area contributed by atoms with Gasteiger partial charge in [-0.15, -0.1) is 5.10 Å². The summed E-state index contributed by atoms with van der Waals surface area (Å²) in [6, 6.07) is 18.0. The molecule has 1 atom stereocenters. The van der Waals surface area contributed by atoms with Crippen LogP contribution in [0.25, 0.3) is 5.69 Å². The summed E-state index contributed by atoms with van der Waals surface area (Å²) in [4.78, 5) is 12.8. The van der Waals surface area contributed by atoms with Crippen LogP contribution in [0, 0.1) is 6.92 Å². The smallest absolute Gasteiger partial charge is 0.271 e. The van der Waals surface area contributed by atoms with Crippen LogP contribution < -0.4 is 10.1 Å². The fourth-order valence-electron chi connectivity index (χ4n) is 2.61. The molecule has 9 nitrogen and oxygen atoms in total. The topological polar surface area (TPSA) is 108 Å². The maximum absolute atomic E-state index is 12.8. The zero-order chi connectivity index (χ0) is 19.3. The van der Waals surface area contributed by atoms with E-state index in [1.54, 1.807) is 37.3 Å². The molecule has 0 unspecified atom stereocenters. The van der Waals surface area contributed by atoms with Gasteiger partial charge in [0.1, 0.15) is 17.8 Å². The predicted octanol–water partition coefficient (Wildman–Crippen LogP) is 2.72. The second kappa shape index (κ2) is 7.70. The number of carbonyl (C=O) groups is 1. The molecule has 4 rings (SSSR count). The van der Waals surface area contributed by atoms with E-state index in [4.69, 9.17) is 9.26 Å². The minimum atomic E-state index is -0.864. The number of anilines is 1. The molecule has 28 heavy (non-hydrogen) atoms. The van der Waals surface area contributed by atoms with Gasteiger partial charge < -0.3 is 14.6 Å². The Bertz CT molecular complexity index is 1040. The van der Waals surface area contributed by atoms with E-state index in [2.05, 4.69) is 26.0 Å². The number of amides is 1. The molecule has 140 valence electrons. The summed E-state index contributed by atoms with van der Waals surface area (Å²) in [5.41, 5.74) is 1.49. The van der Waals surface area contributed by atoms with E-state index in [-0.39, 0.29) is 5.91 Å². The summed E-state index contributed by atoms with van der Waals surface area (Å²) in [5.74, 6) is 1.10. The van der Waals surface area contributed by atoms with Crippen molar-refractivity contribution < 1.29 is 14.1 Å². The average Bonchev–Trinajstić information content (AvgIpc) is 3.39. The number of carbonyl (C=O) groups excluding carboxylic acids is 1. The number of aromatic nitrogens is 5. The lowest BCUT2D eigenvalue weighted by Gasteiger charge is -2.18. The zero-order valence-corrected chi connectivity index (χ0v) is 14.9. The largest absolute Gasteiger partial charge is 0.476 e. The summed E-state index contributed by atoms with van der Waals surface area (Å²) in [7, 11) is 0. The van der Waals surface area contributed by atoms with Crippen molar-refractivity contribution in [2.75, 3.05) is 5.32 Å². The number of ether oxygens (including phenoxy) is 1. The molecule has 0 aliphatic carbocycles. The molecule has 9 heteroatoms. The SMILES string of the molecule is Cc1cc(NC(=O)[C@@H](Oc2ccc(-n3cnnn3)cc2)c2ccccc2)no1. The summed E-state index contributed by atoms with van der Waals surface area (Å²) in [5, 5.41) is 17.6. The molecule has 0 aliphatic rings. The van der Waals surface area contributed by atoms with Crippen LogP contribution in [0.3, 0.4) is 0 Å². The van der Waals surface area contributed by atoms with Gasteiger partial charge in [-0.25, -0.2) is 4.68 Å². The molecule has 0 radical (unpaired) electrons. The number of nitrogens with zero attached hydrogens (tertiary/aromatic N) is 5. The number of hydrogen-bond acceptors (Lipinski definition) is 7. The van der Waals surface area contributed by atoms with Gasteiger partial charge in [-0.2, -0.15) is 0 Å². The third-order valence-corrected chi connectivity index (χ3v) is 3.92. The molecule has 0 saturated heterocycles. The summed E-state index contributed by atoms with van der Waals surface area (Å²) < 4.78 is 12.5. The highest BCUT2D eigenvalue weighted by Crippen LogP contribution is 2.24. The molecule has 0 bridgehead atoms. The molecule has 2 aromatic carbocycles. The van der Waals surface area contributed by atoms with E-state index < -0.39 is 6.10 Å². The Labute approximate surface area is 159 Å². The molecule has 4 aromatic rings. The first kappa shape index (κ1) is 17.4. The number of tetrazole rings is 1. The van der Waals surface area contributed by atoms with E-state index in [1.165, 1.54) is 11.0 Å². The lowest BCUT2D eigenvalue weighted by molar-refractivity contribution is -0.123. The van der Waals surface area contributed by atoms with Gasteiger partial charge in [-0.05, 0) is 41.6 Å². The molecule has 0 fully saturated rings. The Hall–Kier alpha value is -4.01. The van der Waals surface area contributed by atoms with Gasteiger partial charge in [0, 0.05) is 11.6 Å². The van der Waals surface area contributed by atoms with Crippen LogP contribution in [0.1, 0.15) is 17.4 Å². The third-order valence-electron chi connectivity index (χ3n) is 3.92. The molecule has 1 N–H and O–H groups in total. The summed E-state index contributed by atoms with van der Waals surface area (Å²) in [6.45, 7) is 1.75. The molecule has 2 aromatic heterocycles. The van der Waals surface area contributed by atoms with E-state index in [0.29, 0.717) is 22.9 Å². The van der Waals surface area contributed by atoms with Crippen LogP contribution in [-0.2, 0) is 4.79 Å². The fraction of sp³-hybridized carbons (Fsp3) is 0.105. The van der Waals surface area contributed by atoms with Crippen LogP contribution in [-0.4, -0.2) is 31.3 Å². The first-order chi connectivity index (χ1) is 13.7. The first-order valence-corrected chi connectivity index (χ1v) is 8.48. The second-order valence-electron chi connectivity index (χ2n) is 5.97. The van der Waals surface area contributed by atoms with Gasteiger partial charge in [-0.3, -0.25) is 4.79 Å². The highest BCUT2D eigenvalue weighted by Gasteiger charge is 2.24. The second-order valence-corrected chi connectivity index (χ2v) is 5.97. The number of rotatable bonds is 6. The number of hydrogen-bond donors (Lipinski definition) is 1. The Morgan fingerprint density at radius 1 is 1.14 bits per heavy atom. The molecular formula is C19H16N6O3. The molecule has 0 spiro atoms. The van der Waals surface area contributed by atoms with Gasteiger partial charge >= 0.3 is 0 Å². The first-order valence-electron chi connectivity index (χ1n) is 8.48. The van der Waals surface area contributed by atoms with Crippen LogP contribution in [0.5, 0.6) is 5.75 Å². The summed E-state index contributed by atoms with van der Waals surface area (Å²) in [6.07, 6.45) is 0.632. The van der Waals surface area contributed by atoms with Crippen molar-refractivity contribution in [2.45, 2.75) is 13.0 Å². The van der Waals surface area contributed by atoms with Crippen LogP contribution in [0.4, 0.5) is 5.82 Å². The van der Waals surface area contributed by atoms with Crippen molar-refractivity contribution in [3.63, 3.8) is 0 Å². The molecule has 0 saturated carbocycles. The van der Waals surface area contributed by atoms with E-state index in [1.807, 2.05) is 30.3 Å². The minimum Gasteiger partial charge on any atom is -0.476 e. The Kier molecular flexibility index (Phi) is 4.79. The number of nitrogens with one attached hydrogen (secondary N) is 1. The quantitative estimate of drug-likeness (QED) is 0.551. The number of benzene rings is 2. The maximum Gasteiger partial charge on any atom is 0.271 e. The van der Waals surface area contributed by atoms with Crippen molar-refractivity contribution >= 4 is 11.7 Å². The van der Waals surface area contributed by atoms with Gasteiger partial charge in [-0.1, -0.05) is 35.5 Å². The van der Waals surface area contributed by atoms with E-state index >= 15 is 0 Å². The fourth-order valence-corrected chi connectivity index (χ4v) is 2.61. The van der Waals surface area contributed by atoms with Gasteiger partial charge in [0.2, 0.25) is 6.10 Å². The standard InChI is InChI=1S/C19H16N6O3/c1-13-11-17(22-28-13)21-19(26)18(14-5-3-2-4-6-14)27-16-9-7-15(8-10-16)25-12-20-23-24-25/h2-12,18H,1H3,(H,21,22,26)/t18-/m0/s1. The van der Waals surface area contributed by atoms with Crippen molar-refractivity contribution in [3.05, 3.63) is 78.3 Å². The van der Waals surface area contributed by atoms with Crippen molar-refractivity contribution in [2.24, 2.45) is 0 Å². The van der Waals surface area contributed by atoms with E-state index in [9.17, 15) is 4.79 Å². The third kappa shape index (κ3) is 3.88. The highest BCUT2D eigenvalue weighted by molar-refractivity contribution is 5.94. The minimum absolute atomic E-state index is 0.334. The van der Waals surface area contributed by atoms with Crippen molar-refractivity contribution in [1.29, 1.82) is 0 Å². The zero-order valence-electron chi connectivity index (χ0n) is 14.9. The molecule has 0 aliphatic heterocycles. The van der Waals surface area contributed by atoms with Gasteiger partial charge in [0.15, 0.2) is 5.82 Å². The lowest BCUT2D eigenvalue weighted by atomic mass is 10.1. The monoisotopic (exact) mass is 376 g/mol. The molecular weight excluding hydrogens is 360 g/mol.